The Kier molecular flexibility index (Phi) is 5.97. The summed E-state index contributed by atoms with van der Waals surface area (Å²) in [5, 5.41) is 14.1. The molecule has 1 aliphatic carbocycles. The summed E-state index contributed by atoms with van der Waals surface area (Å²) in [6, 6.07) is 5.57. The maximum atomic E-state index is 12.2. The van der Waals surface area contributed by atoms with Gasteiger partial charge in [0.05, 0.1) is 23.5 Å². The second-order valence-corrected chi connectivity index (χ2v) is 9.50. The van der Waals surface area contributed by atoms with Crippen molar-refractivity contribution in [3.8, 4) is 5.69 Å². The summed E-state index contributed by atoms with van der Waals surface area (Å²) in [4.78, 5) is 28.5. The Balaban J connectivity index is 1.23. The zero-order valence-electron chi connectivity index (χ0n) is 18.3. The largest absolute Gasteiger partial charge is 0.393 e. The second kappa shape index (κ2) is 9.03. The molecule has 0 unspecified atom stereocenters. The number of aliphatic hydroxyl groups is 1. The molecule has 4 heterocycles. The Hall–Kier alpha value is -2.71. The van der Waals surface area contributed by atoms with Crippen LogP contribution in [-0.4, -0.2) is 54.9 Å². The zero-order valence-corrected chi connectivity index (χ0v) is 18.3. The lowest BCUT2D eigenvalue weighted by atomic mass is 9.85. The van der Waals surface area contributed by atoms with Gasteiger partial charge < -0.3 is 10.0 Å². The van der Waals surface area contributed by atoms with Crippen molar-refractivity contribution >= 4 is 5.52 Å². The minimum Gasteiger partial charge on any atom is -0.393 e. The first-order chi connectivity index (χ1) is 15.5. The third kappa shape index (κ3) is 4.56. The molecule has 0 aromatic carbocycles. The molecule has 0 atom stereocenters. The first-order valence-electron chi connectivity index (χ1n) is 11.7. The lowest BCUT2D eigenvalue weighted by molar-refractivity contribution is 0.0848. The molecule has 3 aromatic heterocycles. The molecule has 1 saturated heterocycles. The van der Waals surface area contributed by atoms with E-state index in [0.717, 1.165) is 56.6 Å². The topological polar surface area (TPSA) is 95.6 Å². The predicted octanol–water partition coefficient (Wildman–Crippen LogP) is 1.98. The Morgan fingerprint density at radius 1 is 1.00 bits per heavy atom. The quantitative estimate of drug-likeness (QED) is 0.636. The number of aromatic amines is 1. The standard InChI is InChI=1S/C24H31N5O3/c30-20-3-1-18(2-4-20)16-27-9-5-17(6-10-27)13-19-7-12-29-21(14-19)22(15-25-29)28-11-8-23(31)26-24(28)32/h7-8,11-12,14-15,17-18,20,30H,1-6,9-10,13,16H2,(H,26,31,32). The Labute approximate surface area is 186 Å². The van der Waals surface area contributed by atoms with Crippen molar-refractivity contribution in [3.05, 3.63) is 63.2 Å². The average molecular weight is 438 g/mol. The van der Waals surface area contributed by atoms with Crippen LogP contribution in [0.2, 0.25) is 0 Å². The van der Waals surface area contributed by atoms with E-state index in [-0.39, 0.29) is 6.10 Å². The van der Waals surface area contributed by atoms with Gasteiger partial charge in [-0.05, 0) is 87.6 Å². The van der Waals surface area contributed by atoms with Crippen LogP contribution < -0.4 is 11.2 Å². The number of likely N-dealkylation sites (tertiary alicyclic amines) is 1. The number of aromatic nitrogens is 4. The molecule has 5 rings (SSSR count). The van der Waals surface area contributed by atoms with E-state index in [0.29, 0.717) is 11.6 Å². The van der Waals surface area contributed by atoms with E-state index in [1.165, 1.54) is 41.8 Å². The van der Waals surface area contributed by atoms with Gasteiger partial charge in [0.25, 0.3) is 5.56 Å². The van der Waals surface area contributed by atoms with Gasteiger partial charge in [-0.1, -0.05) is 0 Å². The minimum absolute atomic E-state index is 0.0755. The maximum absolute atomic E-state index is 12.2. The monoisotopic (exact) mass is 437 g/mol. The van der Waals surface area contributed by atoms with Gasteiger partial charge in [-0.25, -0.2) is 9.31 Å². The fourth-order valence-corrected chi connectivity index (χ4v) is 5.33. The third-order valence-corrected chi connectivity index (χ3v) is 7.21. The molecular weight excluding hydrogens is 406 g/mol. The van der Waals surface area contributed by atoms with Gasteiger partial charge in [0.15, 0.2) is 0 Å². The first-order valence-corrected chi connectivity index (χ1v) is 11.7. The molecule has 2 aliphatic rings. The molecule has 0 amide bonds. The van der Waals surface area contributed by atoms with E-state index in [2.05, 4.69) is 27.1 Å². The van der Waals surface area contributed by atoms with Crippen LogP contribution in [0.4, 0.5) is 0 Å². The minimum atomic E-state index is -0.461. The van der Waals surface area contributed by atoms with Crippen LogP contribution in [0.1, 0.15) is 44.1 Å². The summed E-state index contributed by atoms with van der Waals surface area (Å²) in [6.45, 7) is 3.48. The molecule has 8 heteroatoms. The Morgan fingerprint density at radius 2 is 1.78 bits per heavy atom. The lowest BCUT2D eigenvalue weighted by Gasteiger charge is -2.36. The van der Waals surface area contributed by atoms with Crippen molar-refractivity contribution in [1.29, 1.82) is 0 Å². The third-order valence-electron chi connectivity index (χ3n) is 7.21. The summed E-state index contributed by atoms with van der Waals surface area (Å²) in [6.07, 6.45) is 12.7. The van der Waals surface area contributed by atoms with E-state index < -0.39 is 11.2 Å². The first kappa shape index (κ1) is 21.2. The fraction of sp³-hybridized carbons (Fsp3) is 0.542. The molecule has 1 saturated carbocycles. The molecule has 8 nitrogen and oxygen atoms in total. The number of piperidine rings is 1. The van der Waals surface area contributed by atoms with Gasteiger partial charge in [-0.2, -0.15) is 5.10 Å². The van der Waals surface area contributed by atoms with Crippen LogP contribution >= 0.6 is 0 Å². The second-order valence-electron chi connectivity index (χ2n) is 9.50. The molecular formula is C24H31N5O3. The van der Waals surface area contributed by atoms with Gasteiger partial charge in [0, 0.05) is 25.0 Å². The van der Waals surface area contributed by atoms with E-state index in [1.807, 2.05) is 6.20 Å². The van der Waals surface area contributed by atoms with E-state index in [9.17, 15) is 14.7 Å². The molecule has 2 fully saturated rings. The SMILES string of the molecule is O=c1ccn(-c2cnn3ccc(CC4CCN(CC5CCC(O)CC5)CC4)cc23)c(=O)[nH]1. The molecule has 0 bridgehead atoms. The molecule has 3 aromatic rings. The van der Waals surface area contributed by atoms with Gasteiger partial charge in [0.1, 0.15) is 0 Å². The molecule has 170 valence electrons. The average Bonchev–Trinajstić information content (AvgIpc) is 3.20. The Morgan fingerprint density at radius 3 is 2.53 bits per heavy atom. The number of hydrogen-bond acceptors (Lipinski definition) is 5. The highest BCUT2D eigenvalue weighted by atomic mass is 16.3. The summed E-state index contributed by atoms with van der Waals surface area (Å²) in [7, 11) is 0. The van der Waals surface area contributed by atoms with Crippen molar-refractivity contribution < 1.29 is 5.11 Å². The van der Waals surface area contributed by atoms with Crippen molar-refractivity contribution in [2.75, 3.05) is 19.6 Å². The highest BCUT2D eigenvalue weighted by Gasteiger charge is 2.25. The number of pyridine rings is 1. The summed E-state index contributed by atoms with van der Waals surface area (Å²) < 4.78 is 3.19. The van der Waals surface area contributed by atoms with Crippen LogP contribution in [0.25, 0.3) is 11.2 Å². The van der Waals surface area contributed by atoms with E-state index >= 15 is 0 Å². The van der Waals surface area contributed by atoms with Gasteiger partial charge in [0.2, 0.25) is 0 Å². The van der Waals surface area contributed by atoms with Gasteiger partial charge in [-0.15, -0.1) is 0 Å². The van der Waals surface area contributed by atoms with Crippen LogP contribution in [0, 0.1) is 11.8 Å². The zero-order chi connectivity index (χ0) is 22.1. The fourth-order valence-electron chi connectivity index (χ4n) is 5.33. The lowest BCUT2D eigenvalue weighted by Crippen LogP contribution is -2.38. The maximum Gasteiger partial charge on any atom is 0.333 e. The molecule has 32 heavy (non-hydrogen) atoms. The number of rotatable bonds is 5. The van der Waals surface area contributed by atoms with Crippen LogP contribution in [-0.2, 0) is 6.42 Å². The van der Waals surface area contributed by atoms with Gasteiger partial charge in [-0.3, -0.25) is 14.3 Å². The summed E-state index contributed by atoms with van der Waals surface area (Å²) in [5.74, 6) is 1.40. The number of nitrogens with zero attached hydrogens (tertiary/aromatic N) is 4. The number of H-pyrrole nitrogens is 1. The van der Waals surface area contributed by atoms with Gasteiger partial charge >= 0.3 is 5.69 Å². The number of hydrogen-bond donors (Lipinski definition) is 2. The highest BCUT2D eigenvalue weighted by molar-refractivity contribution is 5.64. The van der Waals surface area contributed by atoms with Crippen LogP contribution in [0.5, 0.6) is 0 Å². The van der Waals surface area contributed by atoms with E-state index in [4.69, 9.17) is 0 Å². The normalized spacial score (nSPS) is 23.0. The van der Waals surface area contributed by atoms with Crippen molar-refractivity contribution in [1.82, 2.24) is 24.1 Å². The highest BCUT2D eigenvalue weighted by Crippen LogP contribution is 2.28. The van der Waals surface area contributed by atoms with Crippen molar-refractivity contribution in [3.63, 3.8) is 0 Å². The Bertz CT molecular complexity index is 1180. The predicted molar refractivity (Wildman–Crippen MR) is 122 cm³/mol. The number of fused-ring (bicyclic) bond motifs is 1. The summed E-state index contributed by atoms with van der Waals surface area (Å²) >= 11 is 0. The van der Waals surface area contributed by atoms with E-state index in [1.54, 1.807) is 10.7 Å². The number of aliphatic hydroxyl groups excluding tert-OH is 1. The number of nitrogens with one attached hydrogen (secondary N) is 1. The molecule has 1 aliphatic heterocycles. The van der Waals surface area contributed by atoms with Crippen molar-refractivity contribution in [2.24, 2.45) is 11.8 Å². The molecule has 0 spiro atoms. The van der Waals surface area contributed by atoms with Crippen LogP contribution in [0.15, 0.2) is 46.4 Å². The summed E-state index contributed by atoms with van der Waals surface area (Å²) in [5.41, 5.74) is 1.90. The molecule has 2 N–H and O–H groups in total. The van der Waals surface area contributed by atoms with Crippen molar-refractivity contribution in [2.45, 2.75) is 51.0 Å². The smallest absolute Gasteiger partial charge is 0.333 e. The van der Waals surface area contributed by atoms with Crippen LogP contribution in [0.3, 0.4) is 0 Å². The molecule has 0 radical (unpaired) electrons.